The first-order valence-electron chi connectivity index (χ1n) is 9.53. The van der Waals surface area contributed by atoms with Crippen molar-refractivity contribution < 1.29 is 4.79 Å². The van der Waals surface area contributed by atoms with Gasteiger partial charge in [0.2, 0.25) is 11.9 Å². The van der Waals surface area contributed by atoms with Crippen LogP contribution in [0.3, 0.4) is 0 Å². The van der Waals surface area contributed by atoms with Crippen LogP contribution in [-0.2, 0) is 4.79 Å². The van der Waals surface area contributed by atoms with Crippen molar-refractivity contribution in [3.63, 3.8) is 0 Å². The van der Waals surface area contributed by atoms with Gasteiger partial charge in [-0.05, 0) is 44.1 Å². The van der Waals surface area contributed by atoms with Crippen LogP contribution in [0.25, 0.3) is 16.5 Å². The lowest BCUT2D eigenvalue weighted by atomic mass is 10.0. The van der Waals surface area contributed by atoms with Crippen molar-refractivity contribution in [1.82, 2.24) is 19.7 Å². The highest BCUT2D eigenvalue weighted by atomic mass is 32.1. The molecule has 0 aliphatic heterocycles. The minimum absolute atomic E-state index is 0.0306. The summed E-state index contributed by atoms with van der Waals surface area (Å²) in [5.41, 5.74) is 1.72. The molecule has 8 heteroatoms. The average molecular weight is 398 g/mol. The molecule has 1 fully saturated rings. The van der Waals surface area contributed by atoms with Crippen LogP contribution in [0.5, 0.6) is 0 Å². The van der Waals surface area contributed by atoms with E-state index in [0.29, 0.717) is 35.4 Å². The number of nitrogens with zero attached hydrogens (tertiary/aromatic N) is 3. The molecule has 28 heavy (non-hydrogen) atoms. The third kappa shape index (κ3) is 3.77. The van der Waals surface area contributed by atoms with Gasteiger partial charge in [-0.1, -0.05) is 18.9 Å². The number of aryl methyl sites for hydroxylation is 1. The van der Waals surface area contributed by atoms with Crippen LogP contribution in [0.15, 0.2) is 28.4 Å². The molecule has 1 amide bonds. The molecule has 1 aliphatic carbocycles. The summed E-state index contributed by atoms with van der Waals surface area (Å²) in [6.45, 7) is 3.52. The smallest absolute Gasteiger partial charge is 0.255 e. The fourth-order valence-electron chi connectivity index (χ4n) is 3.58. The van der Waals surface area contributed by atoms with Crippen LogP contribution in [0.2, 0.25) is 0 Å². The van der Waals surface area contributed by atoms with Crippen molar-refractivity contribution in [3.05, 3.63) is 45.2 Å². The molecular formula is C20H23N5O2S. The Balaban J connectivity index is 1.69. The molecule has 1 aliphatic rings. The van der Waals surface area contributed by atoms with Crippen molar-refractivity contribution in [2.75, 3.05) is 5.32 Å². The summed E-state index contributed by atoms with van der Waals surface area (Å²) >= 11 is 1.57. The summed E-state index contributed by atoms with van der Waals surface area (Å²) in [5, 5.41) is 9.55. The molecule has 7 nitrogen and oxygen atoms in total. The quantitative estimate of drug-likeness (QED) is 0.684. The number of anilines is 1. The van der Waals surface area contributed by atoms with Gasteiger partial charge in [0, 0.05) is 23.7 Å². The number of aromatic amines is 1. The summed E-state index contributed by atoms with van der Waals surface area (Å²) in [7, 11) is 0. The minimum Gasteiger partial charge on any atom is -0.310 e. The number of hydrogen-bond acceptors (Lipinski definition) is 5. The zero-order valence-electron chi connectivity index (χ0n) is 16.0. The van der Waals surface area contributed by atoms with Crippen molar-refractivity contribution in [2.45, 2.75) is 46.0 Å². The fraction of sp³-hybridized carbons (Fsp3) is 0.400. The average Bonchev–Trinajstić information content (AvgIpc) is 3.40. The van der Waals surface area contributed by atoms with Gasteiger partial charge in [0.15, 0.2) is 0 Å². The molecule has 3 aromatic heterocycles. The zero-order valence-corrected chi connectivity index (χ0v) is 16.8. The first kappa shape index (κ1) is 18.6. The fourth-order valence-corrected chi connectivity index (χ4v) is 4.26. The molecule has 146 valence electrons. The maximum absolute atomic E-state index is 12.6. The third-order valence-corrected chi connectivity index (χ3v) is 6.17. The van der Waals surface area contributed by atoms with Crippen molar-refractivity contribution in [3.8, 4) is 16.5 Å². The second-order valence-electron chi connectivity index (χ2n) is 7.31. The summed E-state index contributed by atoms with van der Waals surface area (Å²) in [4.78, 5) is 33.0. The van der Waals surface area contributed by atoms with Gasteiger partial charge in [0.05, 0.1) is 4.88 Å². The number of hydrogen-bond donors (Lipinski definition) is 2. The van der Waals surface area contributed by atoms with E-state index in [1.807, 2.05) is 23.6 Å². The summed E-state index contributed by atoms with van der Waals surface area (Å²) in [6.07, 6.45) is 5.13. The normalized spacial score (nSPS) is 14.5. The standard InChI is InChI=1S/C20H23N5O2S/c1-12-13(2)21-20(23-19(12)27)25-17(11-15(24-25)16-8-5-9-28-16)22-18(26)10-14-6-3-4-7-14/h5,8-9,11,14H,3-4,6-7,10H2,1-2H3,(H,22,26)(H,21,23,27). The molecule has 0 bridgehead atoms. The van der Waals surface area contributed by atoms with Gasteiger partial charge in [-0.3, -0.25) is 14.6 Å². The van der Waals surface area contributed by atoms with Gasteiger partial charge in [-0.15, -0.1) is 11.3 Å². The van der Waals surface area contributed by atoms with Crippen LogP contribution in [0, 0.1) is 19.8 Å². The van der Waals surface area contributed by atoms with Gasteiger partial charge in [0.1, 0.15) is 11.5 Å². The molecule has 3 heterocycles. The Morgan fingerprint density at radius 3 is 2.82 bits per heavy atom. The van der Waals surface area contributed by atoms with Crippen LogP contribution in [-0.4, -0.2) is 25.7 Å². The molecule has 3 aromatic rings. The van der Waals surface area contributed by atoms with E-state index in [4.69, 9.17) is 0 Å². The lowest BCUT2D eigenvalue weighted by Crippen LogP contribution is -2.21. The van der Waals surface area contributed by atoms with Crippen molar-refractivity contribution in [1.29, 1.82) is 0 Å². The van der Waals surface area contributed by atoms with Crippen LogP contribution in [0.1, 0.15) is 43.4 Å². The van der Waals surface area contributed by atoms with Crippen molar-refractivity contribution in [2.24, 2.45) is 5.92 Å². The molecule has 0 atom stereocenters. The van der Waals surface area contributed by atoms with E-state index in [-0.39, 0.29) is 11.5 Å². The molecule has 0 saturated heterocycles. The van der Waals surface area contributed by atoms with E-state index in [2.05, 4.69) is 20.4 Å². The number of H-pyrrole nitrogens is 1. The van der Waals surface area contributed by atoms with Crippen LogP contribution >= 0.6 is 11.3 Å². The molecule has 0 aromatic carbocycles. The number of rotatable bonds is 5. The molecular weight excluding hydrogens is 374 g/mol. The van der Waals surface area contributed by atoms with E-state index in [1.165, 1.54) is 17.5 Å². The molecule has 4 rings (SSSR count). The maximum Gasteiger partial charge on any atom is 0.255 e. The van der Waals surface area contributed by atoms with Gasteiger partial charge >= 0.3 is 0 Å². The Morgan fingerprint density at radius 1 is 1.36 bits per heavy atom. The lowest BCUT2D eigenvalue weighted by Gasteiger charge is -2.11. The van der Waals surface area contributed by atoms with E-state index in [1.54, 1.807) is 25.2 Å². The number of thiophene rings is 1. The Morgan fingerprint density at radius 2 is 2.14 bits per heavy atom. The third-order valence-electron chi connectivity index (χ3n) is 5.28. The maximum atomic E-state index is 12.6. The molecule has 0 spiro atoms. The van der Waals surface area contributed by atoms with E-state index < -0.39 is 0 Å². The van der Waals surface area contributed by atoms with Crippen LogP contribution in [0.4, 0.5) is 5.82 Å². The minimum atomic E-state index is -0.209. The van der Waals surface area contributed by atoms with Gasteiger partial charge in [-0.25, -0.2) is 4.98 Å². The molecule has 1 saturated carbocycles. The highest BCUT2D eigenvalue weighted by molar-refractivity contribution is 7.13. The number of carbonyl (C=O) groups is 1. The lowest BCUT2D eigenvalue weighted by molar-refractivity contribution is -0.117. The van der Waals surface area contributed by atoms with E-state index in [0.717, 1.165) is 23.4 Å². The molecule has 0 unspecified atom stereocenters. The van der Waals surface area contributed by atoms with Crippen molar-refractivity contribution >= 4 is 23.1 Å². The largest absolute Gasteiger partial charge is 0.310 e. The summed E-state index contributed by atoms with van der Waals surface area (Å²) < 4.78 is 1.51. The first-order valence-corrected chi connectivity index (χ1v) is 10.4. The number of amides is 1. The van der Waals surface area contributed by atoms with Gasteiger partial charge in [0.25, 0.3) is 5.56 Å². The predicted octanol–water partition coefficient (Wildman–Crippen LogP) is 3.82. The number of carbonyl (C=O) groups excluding carboxylic acids is 1. The summed E-state index contributed by atoms with van der Waals surface area (Å²) in [6, 6.07) is 5.75. The Hall–Kier alpha value is -2.74. The molecule has 2 N–H and O–H groups in total. The Kier molecular flexibility index (Phi) is 5.13. The summed E-state index contributed by atoms with van der Waals surface area (Å²) in [5.74, 6) is 1.23. The Bertz CT molecular complexity index is 1050. The predicted molar refractivity (Wildman–Crippen MR) is 110 cm³/mol. The topological polar surface area (TPSA) is 92.7 Å². The Labute approximate surface area is 166 Å². The van der Waals surface area contributed by atoms with Gasteiger partial charge in [-0.2, -0.15) is 9.78 Å². The van der Waals surface area contributed by atoms with E-state index >= 15 is 0 Å². The number of aromatic nitrogens is 4. The zero-order chi connectivity index (χ0) is 19.7. The SMILES string of the molecule is Cc1nc(-n2nc(-c3cccs3)cc2NC(=O)CC2CCCC2)[nH]c(=O)c1C. The van der Waals surface area contributed by atoms with Gasteiger partial charge < -0.3 is 5.32 Å². The molecule has 0 radical (unpaired) electrons. The highest BCUT2D eigenvalue weighted by Gasteiger charge is 2.21. The first-order chi connectivity index (χ1) is 13.5. The highest BCUT2D eigenvalue weighted by Crippen LogP contribution is 2.30. The number of nitrogens with one attached hydrogen (secondary N) is 2. The monoisotopic (exact) mass is 397 g/mol. The van der Waals surface area contributed by atoms with Crippen LogP contribution < -0.4 is 10.9 Å². The second kappa shape index (κ2) is 7.71. The van der Waals surface area contributed by atoms with E-state index in [9.17, 15) is 9.59 Å². The second-order valence-corrected chi connectivity index (χ2v) is 8.25.